The number of nitrogens with one attached hydrogen (secondary N) is 2. The van der Waals surface area contributed by atoms with E-state index in [9.17, 15) is 14.7 Å². The van der Waals surface area contributed by atoms with Crippen molar-refractivity contribution in [1.29, 1.82) is 0 Å². The summed E-state index contributed by atoms with van der Waals surface area (Å²) in [6.45, 7) is 3.33. The van der Waals surface area contributed by atoms with Crippen molar-refractivity contribution in [3.05, 3.63) is 0 Å². The zero-order valence-corrected chi connectivity index (χ0v) is 12.6. The highest BCUT2D eigenvalue weighted by molar-refractivity contribution is 5.82. The SMILES string of the molecule is CC(NC(=O)NC(C(=O)O)C1CCCCC1)C1CCOC1. The third-order valence-electron chi connectivity index (χ3n) is 4.70. The molecule has 120 valence electrons. The number of hydrogen-bond donors (Lipinski definition) is 3. The van der Waals surface area contributed by atoms with Gasteiger partial charge in [-0.05, 0) is 32.1 Å². The Bertz CT molecular complexity index is 363. The van der Waals surface area contributed by atoms with E-state index in [1.807, 2.05) is 6.92 Å². The van der Waals surface area contributed by atoms with Crippen LogP contribution >= 0.6 is 0 Å². The van der Waals surface area contributed by atoms with Gasteiger partial charge >= 0.3 is 12.0 Å². The topological polar surface area (TPSA) is 87.7 Å². The van der Waals surface area contributed by atoms with Gasteiger partial charge in [-0.3, -0.25) is 0 Å². The molecular weight excluding hydrogens is 272 g/mol. The molecule has 1 aliphatic heterocycles. The van der Waals surface area contributed by atoms with Crippen LogP contribution in [0.4, 0.5) is 4.79 Å². The number of carboxylic acid groups (broad SMARTS) is 1. The molecule has 6 heteroatoms. The fourth-order valence-electron chi connectivity index (χ4n) is 3.30. The van der Waals surface area contributed by atoms with E-state index >= 15 is 0 Å². The van der Waals surface area contributed by atoms with Crippen LogP contribution in [-0.2, 0) is 9.53 Å². The molecule has 1 aliphatic carbocycles. The van der Waals surface area contributed by atoms with E-state index in [4.69, 9.17) is 4.74 Å². The first-order valence-electron chi connectivity index (χ1n) is 7.95. The van der Waals surface area contributed by atoms with Gasteiger partial charge in [0.15, 0.2) is 0 Å². The second-order valence-electron chi connectivity index (χ2n) is 6.24. The summed E-state index contributed by atoms with van der Waals surface area (Å²) in [7, 11) is 0. The van der Waals surface area contributed by atoms with Crippen LogP contribution in [-0.4, -0.2) is 42.4 Å². The number of carbonyl (C=O) groups excluding carboxylic acids is 1. The molecule has 3 unspecified atom stereocenters. The van der Waals surface area contributed by atoms with Gasteiger partial charge in [-0.1, -0.05) is 19.3 Å². The predicted octanol–water partition coefficient (Wildman–Crippen LogP) is 1.74. The highest BCUT2D eigenvalue weighted by atomic mass is 16.5. The highest BCUT2D eigenvalue weighted by Crippen LogP contribution is 2.26. The normalized spacial score (nSPS) is 26.0. The average Bonchev–Trinajstić information content (AvgIpc) is 2.99. The summed E-state index contributed by atoms with van der Waals surface area (Å²) in [5.41, 5.74) is 0. The van der Waals surface area contributed by atoms with Gasteiger partial charge in [0, 0.05) is 18.6 Å². The maximum Gasteiger partial charge on any atom is 0.326 e. The van der Waals surface area contributed by atoms with Gasteiger partial charge in [0.25, 0.3) is 0 Å². The zero-order chi connectivity index (χ0) is 15.2. The summed E-state index contributed by atoms with van der Waals surface area (Å²) in [6.07, 6.45) is 5.95. The maximum atomic E-state index is 12.0. The van der Waals surface area contributed by atoms with Crippen molar-refractivity contribution in [1.82, 2.24) is 10.6 Å². The fraction of sp³-hybridized carbons (Fsp3) is 0.867. The number of urea groups is 1. The molecule has 1 heterocycles. The molecule has 0 spiro atoms. The average molecular weight is 298 g/mol. The van der Waals surface area contributed by atoms with Gasteiger partial charge in [-0.2, -0.15) is 0 Å². The van der Waals surface area contributed by atoms with E-state index in [1.54, 1.807) is 0 Å². The minimum Gasteiger partial charge on any atom is -0.480 e. The van der Waals surface area contributed by atoms with E-state index in [0.717, 1.165) is 45.1 Å². The second kappa shape index (κ2) is 7.64. The Balaban J connectivity index is 1.84. The third kappa shape index (κ3) is 4.59. The first kappa shape index (κ1) is 16.1. The molecule has 6 nitrogen and oxygen atoms in total. The monoisotopic (exact) mass is 298 g/mol. The molecule has 2 rings (SSSR count). The number of amides is 2. The Kier molecular flexibility index (Phi) is 5.85. The van der Waals surface area contributed by atoms with E-state index in [2.05, 4.69) is 10.6 Å². The van der Waals surface area contributed by atoms with Gasteiger partial charge < -0.3 is 20.5 Å². The van der Waals surface area contributed by atoms with Crippen LogP contribution in [0.15, 0.2) is 0 Å². The van der Waals surface area contributed by atoms with Crippen LogP contribution in [0.2, 0.25) is 0 Å². The molecule has 21 heavy (non-hydrogen) atoms. The second-order valence-corrected chi connectivity index (χ2v) is 6.24. The molecule has 3 N–H and O–H groups in total. The lowest BCUT2D eigenvalue weighted by Crippen LogP contribution is -2.52. The molecule has 2 fully saturated rings. The first-order valence-corrected chi connectivity index (χ1v) is 7.95. The molecule has 3 atom stereocenters. The summed E-state index contributed by atoms with van der Waals surface area (Å²) in [4.78, 5) is 23.5. The van der Waals surface area contributed by atoms with Crippen LogP contribution in [0.25, 0.3) is 0 Å². The minimum atomic E-state index is -0.936. The Morgan fingerprint density at radius 2 is 1.81 bits per heavy atom. The highest BCUT2D eigenvalue weighted by Gasteiger charge is 2.31. The van der Waals surface area contributed by atoms with Gasteiger partial charge in [-0.15, -0.1) is 0 Å². The molecule has 0 aromatic heterocycles. The smallest absolute Gasteiger partial charge is 0.326 e. The Morgan fingerprint density at radius 3 is 2.38 bits per heavy atom. The Hall–Kier alpha value is -1.30. The molecule has 2 amide bonds. The van der Waals surface area contributed by atoms with E-state index in [-0.39, 0.29) is 18.0 Å². The molecule has 0 radical (unpaired) electrons. The van der Waals surface area contributed by atoms with E-state index in [1.165, 1.54) is 0 Å². The van der Waals surface area contributed by atoms with E-state index < -0.39 is 12.0 Å². The molecular formula is C15H26N2O4. The maximum absolute atomic E-state index is 12.0. The number of hydrogen-bond acceptors (Lipinski definition) is 3. The molecule has 0 aromatic carbocycles. The largest absolute Gasteiger partial charge is 0.480 e. The van der Waals surface area contributed by atoms with Gasteiger partial charge in [0.05, 0.1) is 6.61 Å². The molecule has 1 saturated carbocycles. The van der Waals surface area contributed by atoms with Gasteiger partial charge in [-0.25, -0.2) is 9.59 Å². The molecule has 1 saturated heterocycles. The summed E-state index contributed by atoms with van der Waals surface area (Å²) in [6, 6.07) is -1.17. The van der Waals surface area contributed by atoms with Gasteiger partial charge in [0.2, 0.25) is 0 Å². The van der Waals surface area contributed by atoms with Crippen molar-refractivity contribution < 1.29 is 19.4 Å². The first-order chi connectivity index (χ1) is 10.1. The summed E-state index contributed by atoms with van der Waals surface area (Å²) in [5, 5.41) is 14.9. The predicted molar refractivity (Wildman–Crippen MR) is 78.1 cm³/mol. The number of carbonyl (C=O) groups is 2. The third-order valence-corrected chi connectivity index (χ3v) is 4.70. The van der Waals surface area contributed by atoms with Crippen LogP contribution < -0.4 is 10.6 Å². The lowest BCUT2D eigenvalue weighted by Gasteiger charge is -2.29. The van der Waals surface area contributed by atoms with Crippen molar-refractivity contribution in [3.8, 4) is 0 Å². The van der Waals surface area contributed by atoms with Crippen LogP contribution in [0.1, 0.15) is 45.4 Å². The zero-order valence-electron chi connectivity index (χ0n) is 12.6. The summed E-state index contributed by atoms with van der Waals surface area (Å²) in [5.74, 6) is -0.574. The van der Waals surface area contributed by atoms with Crippen molar-refractivity contribution in [2.45, 2.75) is 57.5 Å². The number of carboxylic acids is 1. The summed E-state index contributed by atoms with van der Waals surface area (Å²) >= 11 is 0. The van der Waals surface area contributed by atoms with Gasteiger partial charge in [0.1, 0.15) is 6.04 Å². The summed E-state index contributed by atoms with van der Waals surface area (Å²) < 4.78 is 5.31. The standard InChI is InChI=1S/C15H26N2O4/c1-10(12-7-8-21-9-12)16-15(20)17-13(14(18)19)11-5-3-2-4-6-11/h10-13H,2-9H2,1H3,(H,18,19)(H2,16,17,20). The number of rotatable bonds is 5. The van der Waals surface area contributed by atoms with E-state index in [0.29, 0.717) is 12.5 Å². The van der Waals surface area contributed by atoms with Crippen molar-refractivity contribution in [3.63, 3.8) is 0 Å². The van der Waals surface area contributed by atoms with Crippen LogP contribution in [0, 0.1) is 11.8 Å². The van der Waals surface area contributed by atoms with Crippen molar-refractivity contribution >= 4 is 12.0 Å². The van der Waals surface area contributed by atoms with Crippen molar-refractivity contribution in [2.75, 3.05) is 13.2 Å². The lowest BCUT2D eigenvalue weighted by molar-refractivity contribution is -0.141. The van der Waals surface area contributed by atoms with Crippen LogP contribution in [0.3, 0.4) is 0 Å². The van der Waals surface area contributed by atoms with Crippen molar-refractivity contribution in [2.24, 2.45) is 11.8 Å². The Labute approximate surface area is 125 Å². The quantitative estimate of drug-likeness (QED) is 0.721. The lowest BCUT2D eigenvalue weighted by atomic mass is 9.84. The number of ether oxygens (including phenoxy) is 1. The number of aliphatic carboxylic acids is 1. The molecule has 0 bridgehead atoms. The molecule has 0 aromatic rings. The minimum absolute atomic E-state index is 0.00620. The fourth-order valence-corrected chi connectivity index (χ4v) is 3.30. The van der Waals surface area contributed by atoms with Crippen LogP contribution in [0.5, 0.6) is 0 Å². The molecule has 2 aliphatic rings. The Morgan fingerprint density at radius 1 is 1.10 bits per heavy atom.